The van der Waals surface area contributed by atoms with Crippen LogP contribution in [0, 0.1) is 0 Å². The number of hydroxylamine groups is 1. The summed E-state index contributed by atoms with van der Waals surface area (Å²) >= 11 is 0. The standard InChI is InChI=1S/C42H73N3O26/c1-15-25(52)29(56)31(58)40(62-15)67-34-21(13-47)66-39(23(28(34)55)44-17(3)49)70-37-27(54)20(12-46)64-42(33(37)60)68-35-22(14-48)65-38(61-11-9-7-6-8-10-43-71-19(5)51)24(45-18(4)50)36(35)69-41-32(59)30(57)26(53)16(2)63-41/h15-16,20-43,46-48,52-60H,6-14H2,1-5H3,(H,44,49)(H,45,50)/p+2. The third-order valence-electron chi connectivity index (χ3n) is 12.8. The largest absolute Gasteiger partial charge is 0.549 e. The summed E-state index contributed by atoms with van der Waals surface area (Å²) in [6.07, 6.45) is -36.1. The topological polar surface area (TPSA) is 441 Å². The van der Waals surface area contributed by atoms with E-state index in [9.17, 15) is 75.7 Å². The van der Waals surface area contributed by atoms with Crippen molar-refractivity contribution < 1.29 is 133 Å². The quantitative estimate of drug-likeness (QED) is 0.0272. The summed E-state index contributed by atoms with van der Waals surface area (Å²) in [5.74, 6) is -1.60. The number of quaternary nitrogens is 1. The minimum absolute atomic E-state index is 0.0507. The molecule has 0 radical (unpaired) electrons. The Morgan fingerprint density at radius 3 is 1.51 bits per heavy atom. The number of hydrogen-bond acceptors (Lipinski definition) is 25. The van der Waals surface area contributed by atoms with E-state index in [0.717, 1.165) is 26.7 Å². The Labute approximate surface area is 408 Å². The zero-order valence-electron chi connectivity index (χ0n) is 40.0. The van der Waals surface area contributed by atoms with Gasteiger partial charge in [0.25, 0.3) is 0 Å². The maximum Gasteiger partial charge on any atom is 0.549 e. The van der Waals surface area contributed by atoms with E-state index in [2.05, 4.69) is 10.6 Å². The van der Waals surface area contributed by atoms with Crippen LogP contribution in [0.1, 0.15) is 60.3 Å². The molecule has 2 amide bonds. The fraction of sp³-hybridized carbons (Fsp3) is 0.929. The van der Waals surface area contributed by atoms with E-state index in [1.54, 1.807) is 0 Å². The highest BCUT2D eigenvalue weighted by Gasteiger charge is 2.57. The zero-order chi connectivity index (χ0) is 52.4. The van der Waals surface area contributed by atoms with Gasteiger partial charge in [-0.15, -0.1) is 0 Å². The van der Waals surface area contributed by atoms with Gasteiger partial charge >= 0.3 is 5.97 Å². The number of amides is 2. The molecule has 25 atom stereocenters. The molecule has 5 fully saturated rings. The maximum atomic E-state index is 12.8. The lowest BCUT2D eigenvalue weighted by molar-refractivity contribution is -0.870. The molecule has 29 heteroatoms. The first kappa shape index (κ1) is 59.4. The summed E-state index contributed by atoms with van der Waals surface area (Å²) in [6, 6.07) is -3.03. The second kappa shape index (κ2) is 27.3. The predicted octanol–water partition coefficient (Wildman–Crippen LogP) is -8.98. The monoisotopic (exact) mass is 1040 g/mol. The molecule has 5 aliphatic rings. The van der Waals surface area contributed by atoms with E-state index in [4.69, 9.17) is 52.2 Å². The van der Waals surface area contributed by atoms with Gasteiger partial charge in [-0.25, -0.2) is 0 Å². The molecule has 0 aromatic carbocycles. The third-order valence-corrected chi connectivity index (χ3v) is 12.8. The number of hydrogen-bond donors (Lipinski definition) is 15. The van der Waals surface area contributed by atoms with E-state index in [1.165, 1.54) is 26.3 Å². The van der Waals surface area contributed by atoms with Crippen LogP contribution in [0.25, 0.3) is 0 Å². The normalized spacial score (nSPS) is 44.2. The van der Waals surface area contributed by atoms with Gasteiger partial charge < -0.3 is 124 Å². The number of ether oxygens (including phenoxy) is 10. The SMILES string of the molecule is CC(=O)NC1C(OC2C(O)C(CO)OC(OC3C(CO)OC(OCCCCCC[NH2+]OC(C)=[OH+])C(NC(C)=O)C3OC3OC(C)C(O)C(O)C3O)C2O)OC(CO)C(OC2OC(C)C(O)C(O)C2O)C1O. The van der Waals surface area contributed by atoms with Crippen LogP contribution >= 0.6 is 0 Å². The van der Waals surface area contributed by atoms with Gasteiger partial charge in [-0.05, 0) is 26.7 Å². The number of aliphatic hydroxyl groups is 12. The van der Waals surface area contributed by atoms with Gasteiger partial charge in [0.2, 0.25) is 11.8 Å². The summed E-state index contributed by atoms with van der Waals surface area (Å²) in [5, 5.41) is 135. The van der Waals surface area contributed by atoms with Crippen LogP contribution in [-0.2, 0) is 61.8 Å². The molecule has 0 bridgehead atoms. The number of aliphatic hydroxyl groups excluding tert-OH is 12. The van der Waals surface area contributed by atoms with E-state index < -0.39 is 185 Å². The average Bonchev–Trinajstić information content (AvgIpc) is 3.32. The van der Waals surface area contributed by atoms with Crippen LogP contribution in [0.15, 0.2) is 0 Å². The Hall–Kier alpha value is -2.51. The first-order valence-corrected chi connectivity index (χ1v) is 23.6. The van der Waals surface area contributed by atoms with Crippen molar-refractivity contribution in [2.75, 3.05) is 33.0 Å². The molecule has 0 aliphatic carbocycles. The second-order valence-electron chi connectivity index (χ2n) is 18.2. The smallest absolute Gasteiger partial charge is 0.394 e. The Kier molecular flexibility index (Phi) is 22.9. The Bertz CT molecular complexity index is 1660. The van der Waals surface area contributed by atoms with Crippen LogP contribution in [0.2, 0.25) is 0 Å². The van der Waals surface area contributed by atoms with Gasteiger partial charge in [0.05, 0.1) is 39.0 Å². The molecule has 29 nitrogen and oxygen atoms in total. The molecule has 17 N–H and O–H groups in total. The zero-order valence-corrected chi connectivity index (χ0v) is 40.0. The second-order valence-corrected chi connectivity index (χ2v) is 18.2. The molecule has 5 rings (SSSR count). The molecule has 0 saturated carbocycles. The summed E-state index contributed by atoms with van der Waals surface area (Å²) in [4.78, 5) is 39.5. The summed E-state index contributed by atoms with van der Waals surface area (Å²) in [6.45, 7) is 4.29. The summed E-state index contributed by atoms with van der Waals surface area (Å²) in [5.41, 5.74) is 1.47. The number of unbranched alkanes of at least 4 members (excludes halogenated alkanes) is 3. The Balaban J connectivity index is 1.40. The fourth-order valence-corrected chi connectivity index (χ4v) is 8.91. The number of carbonyl (C=O) groups excluding carboxylic acids is 3. The molecular weight excluding hydrogens is 962 g/mol. The fourth-order valence-electron chi connectivity index (χ4n) is 8.91. The van der Waals surface area contributed by atoms with Crippen molar-refractivity contribution in [1.29, 1.82) is 0 Å². The first-order valence-electron chi connectivity index (χ1n) is 23.6. The molecule has 0 spiro atoms. The molecule has 5 heterocycles. The predicted molar refractivity (Wildman–Crippen MR) is 230 cm³/mol. The van der Waals surface area contributed by atoms with Crippen molar-refractivity contribution in [2.24, 2.45) is 0 Å². The third kappa shape index (κ3) is 14.9. The number of rotatable bonds is 22. The van der Waals surface area contributed by atoms with Crippen molar-refractivity contribution in [3.8, 4) is 0 Å². The van der Waals surface area contributed by atoms with E-state index in [-0.39, 0.29) is 12.6 Å². The van der Waals surface area contributed by atoms with Crippen molar-refractivity contribution in [3.63, 3.8) is 0 Å². The lowest BCUT2D eigenvalue weighted by Gasteiger charge is -2.51. The summed E-state index contributed by atoms with van der Waals surface area (Å²) in [7, 11) is 0. The van der Waals surface area contributed by atoms with Crippen LogP contribution in [0.5, 0.6) is 0 Å². The number of nitrogens with one attached hydrogen (secondary N) is 2. The molecular formula is C42H75N3O26+2. The van der Waals surface area contributed by atoms with Gasteiger partial charge in [-0.2, -0.15) is 0 Å². The molecule has 412 valence electrons. The van der Waals surface area contributed by atoms with Gasteiger partial charge in [-0.1, -0.05) is 16.7 Å². The first-order chi connectivity index (χ1) is 33.6. The van der Waals surface area contributed by atoms with Gasteiger partial charge in [0.1, 0.15) is 116 Å². The van der Waals surface area contributed by atoms with Crippen LogP contribution in [0.4, 0.5) is 0 Å². The van der Waals surface area contributed by atoms with Gasteiger partial charge in [0, 0.05) is 26.9 Å². The van der Waals surface area contributed by atoms with Crippen molar-refractivity contribution in [1.82, 2.24) is 10.6 Å². The molecule has 71 heavy (non-hydrogen) atoms. The van der Waals surface area contributed by atoms with Crippen LogP contribution < -0.4 is 16.1 Å². The number of carbonyl (C=O) groups is 2. The highest BCUT2D eigenvalue weighted by Crippen LogP contribution is 2.36. The highest BCUT2D eigenvalue weighted by atomic mass is 16.8. The molecule has 0 aromatic heterocycles. The van der Waals surface area contributed by atoms with Crippen LogP contribution in [0.3, 0.4) is 0 Å². The number of nitrogens with two attached hydrogens (primary N) is 1. The minimum atomic E-state index is -2.12. The highest BCUT2D eigenvalue weighted by molar-refractivity contribution is 5.73. The van der Waals surface area contributed by atoms with E-state index >= 15 is 0 Å². The lowest BCUT2D eigenvalue weighted by atomic mass is 9.93. The molecule has 0 aromatic rings. The van der Waals surface area contributed by atoms with Gasteiger partial charge in [0.15, 0.2) is 31.5 Å². The van der Waals surface area contributed by atoms with Crippen molar-refractivity contribution >= 4 is 17.8 Å². The molecule has 5 aliphatic heterocycles. The average molecular weight is 1040 g/mol. The van der Waals surface area contributed by atoms with E-state index in [1.807, 2.05) is 0 Å². The lowest BCUT2D eigenvalue weighted by Crippen LogP contribution is -2.83. The van der Waals surface area contributed by atoms with Crippen molar-refractivity contribution in [3.05, 3.63) is 0 Å². The van der Waals surface area contributed by atoms with Crippen molar-refractivity contribution in [2.45, 2.75) is 214 Å². The van der Waals surface area contributed by atoms with E-state index in [0.29, 0.717) is 19.4 Å². The molecule has 5 saturated heterocycles. The summed E-state index contributed by atoms with van der Waals surface area (Å²) < 4.78 is 59.7. The minimum Gasteiger partial charge on any atom is -0.394 e. The van der Waals surface area contributed by atoms with Crippen LogP contribution in [-0.4, -0.2) is 270 Å². The maximum absolute atomic E-state index is 12.8. The molecule has 25 unspecified atom stereocenters. The van der Waals surface area contributed by atoms with Gasteiger partial charge in [-0.3, -0.25) is 9.59 Å². The Morgan fingerprint density at radius 2 is 0.958 bits per heavy atom. The Morgan fingerprint density at radius 1 is 0.493 bits per heavy atom.